The molecule has 16 nitrogen and oxygen atoms in total. The fourth-order valence-corrected chi connectivity index (χ4v) is 13.9. The van der Waals surface area contributed by atoms with Crippen molar-refractivity contribution in [3.05, 3.63) is 137 Å². The number of aryl methyl sites for hydroxylation is 9. The SMILES string of the molecule is CCOC(=O)c1c(C(C)=O)c2sc(C)cc2n1C.CCOC(=O)c1c(C(C)O)c2sc(C)cc2n1C.CCOC(=O)c1c(C=O)c2sc(C)cc2n1C.Cc1cc2c(s1)c1c(C)nn(Cc3ccccc3F)c(=O)c1n2C.[CH3-].[Cl-].[Mg+2]. The molecule has 0 saturated heterocycles. The zero-order chi connectivity index (χ0) is 56.5. The maximum absolute atomic E-state index is 13.9. The van der Waals surface area contributed by atoms with Crippen molar-refractivity contribution in [3.8, 4) is 0 Å². The van der Waals surface area contributed by atoms with E-state index in [-0.39, 0.29) is 72.6 Å². The van der Waals surface area contributed by atoms with E-state index in [9.17, 15) is 38.3 Å². The molecule has 0 amide bonds. The van der Waals surface area contributed by atoms with Crippen molar-refractivity contribution in [1.29, 1.82) is 0 Å². The van der Waals surface area contributed by atoms with Gasteiger partial charge in [-0.3, -0.25) is 14.4 Å². The summed E-state index contributed by atoms with van der Waals surface area (Å²) in [6.07, 6.45) is 0.0380. The van der Waals surface area contributed by atoms with Crippen LogP contribution >= 0.6 is 45.3 Å². The van der Waals surface area contributed by atoms with E-state index in [4.69, 9.17) is 14.2 Å². The molecule has 0 aliphatic rings. The van der Waals surface area contributed by atoms with Gasteiger partial charge in [0.05, 0.1) is 90.2 Å². The number of carbonyl (C=O) groups is 5. The quantitative estimate of drug-likeness (QED) is 0.0325. The monoisotopic (exact) mass is 1200 g/mol. The Morgan fingerprint density at radius 3 is 1.60 bits per heavy atom. The van der Waals surface area contributed by atoms with Gasteiger partial charge in [-0.1, -0.05) is 18.2 Å². The van der Waals surface area contributed by atoms with Crippen LogP contribution < -0.4 is 18.0 Å². The van der Waals surface area contributed by atoms with Crippen LogP contribution in [0.4, 0.5) is 4.39 Å². The molecule has 1 atom stereocenters. The molecule has 1 unspecified atom stereocenters. The van der Waals surface area contributed by atoms with Gasteiger partial charge in [-0.2, -0.15) is 5.10 Å². The number of benzene rings is 1. The summed E-state index contributed by atoms with van der Waals surface area (Å²) < 4.78 is 41.3. The first-order valence-electron chi connectivity index (χ1n) is 24.6. The third-order valence-corrected chi connectivity index (χ3v) is 17.0. The topological polar surface area (TPSA) is 188 Å². The van der Waals surface area contributed by atoms with Crippen LogP contribution in [0.5, 0.6) is 0 Å². The summed E-state index contributed by atoms with van der Waals surface area (Å²) in [7, 11) is 7.28. The van der Waals surface area contributed by atoms with E-state index >= 15 is 0 Å². The van der Waals surface area contributed by atoms with Crippen LogP contribution in [-0.2, 0) is 48.9 Å². The molecule has 9 aromatic heterocycles. The molecule has 80 heavy (non-hydrogen) atoms. The average molecular weight is 1200 g/mol. The average Bonchev–Trinajstić information content (AvgIpc) is 4.26. The number of esters is 3. The number of aliphatic hydroxyl groups excluding tert-OH is 1. The molecule has 0 radical (unpaired) electrons. The largest absolute Gasteiger partial charge is 2.00 e. The van der Waals surface area contributed by atoms with Gasteiger partial charge in [0.1, 0.15) is 28.4 Å². The van der Waals surface area contributed by atoms with Crippen LogP contribution in [0.2, 0.25) is 0 Å². The summed E-state index contributed by atoms with van der Waals surface area (Å²) in [5.74, 6) is -1.70. The van der Waals surface area contributed by atoms with Crippen molar-refractivity contribution < 1.29 is 60.1 Å². The molecular weight excluding hydrogens is 1140 g/mol. The molecule has 0 aliphatic heterocycles. The van der Waals surface area contributed by atoms with Gasteiger partial charge in [-0.15, -0.1) is 45.3 Å². The van der Waals surface area contributed by atoms with Crippen LogP contribution in [0.15, 0.2) is 53.3 Å². The molecular formula is C57H64ClFMgN6O10S4. The van der Waals surface area contributed by atoms with Gasteiger partial charge >= 0.3 is 41.0 Å². The third-order valence-electron chi connectivity index (χ3n) is 12.7. The van der Waals surface area contributed by atoms with Gasteiger partial charge in [0.25, 0.3) is 5.56 Å². The minimum atomic E-state index is -0.689. The second-order valence-corrected chi connectivity index (χ2v) is 23.2. The van der Waals surface area contributed by atoms with Gasteiger partial charge in [0, 0.05) is 64.2 Å². The summed E-state index contributed by atoms with van der Waals surface area (Å²) >= 11 is 6.30. The molecule has 0 spiro atoms. The molecule has 9 heterocycles. The first kappa shape index (κ1) is 66.5. The van der Waals surface area contributed by atoms with E-state index in [1.165, 1.54) is 45.2 Å². The standard InChI is InChI=1S/C18H16FN3OS.C13H17NO3S.C13H15NO3S.C12H13NO3S.CH3.ClH.Mg/c1-10-8-14-17(24-10)15-11(2)20-22(18(23)16(15)21(14)3)9-12-6-4-5-7-13(12)19;2*1-5-17-13(16)11-10(8(3)15)12-9(14(11)4)6-7(2)18-12;1-4-16-12(15)10-8(6-14)11-9(13(10)3)5-7(2)17-11;;;/h4-8H,9H2,1-3H3;6,8,15H,5H2,1-4H3;6H,5H2,1-4H3;5-6H,4H2,1-3H3;1H3;1H;/q;;;;-1;;+2/p-1. The fourth-order valence-electron chi connectivity index (χ4n) is 9.39. The number of hydrogen-bond acceptors (Lipinski definition) is 15. The molecule has 1 N–H and O–H groups in total. The number of thiophene rings is 4. The molecule has 0 bridgehead atoms. The van der Waals surface area contributed by atoms with E-state index in [0.29, 0.717) is 64.7 Å². The van der Waals surface area contributed by atoms with Crippen LogP contribution in [0.1, 0.15) is 129 Å². The van der Waals surface area contributed by atoms with Crippen molar-refractivity contribution in [2.24, 2.45) is 28.2 Å². The van der Waals surface area contributed by atoms with Gasteiger partial charge in [0.15, 0.2) is 12.1 Å². The minimum Gasteiger partial charge on any atom is -1.00 e. The fraction of sp³-hybridized carbons (Fsp3) is 0.333. The van der Waals surface area contributed by atoms with Crippen molar-refractivity contribution in [3.63, 3.8) is 0 Å². The number of halogens is 2. The van der Waals surface area contributed by atoms with Gasteiger partial charge in [0.2, 0.25) is 0 Å². The van der Waals surface area contributed by atoms with Gasteiger partial charge < -0.3 is 57.4 Å². The smallest absolute Gasteiger partial charge is 1.00 e. The molecule has 0 aliphatic carbocycles. The number of ketones is 1. The molecule has 0 saturated carbocycles. The van der Waals surface area contributed by atoms with E-state index in [0.717, 1.165) is 72.9 Å². The van der Waals surface area contributed by atoms with Crippen molar-refractivity contribution in [1.82, 2.24) is 28.0 Å². The first-order chi connectivity index (χ1) is 36.5. The van der Waals surface area contributed by atoms with Crippen molar-refractivity contribution in [2.45, 2.75) is 81.9 Å². The zero-order valence-electron chi connectivity index (χ0n) is 47.5. The van der Waals surface area contributed by atoms with E-state index in [2.05, 4.69) is 18.1 Å². The van der Waals surface area contributed by atoms with E-state index < -0.39 is 18.0 Å². The Hall–Kier alpha value is -5.98. The normalized spacial score (nSPS) is 11.2. The molecule has 0 fully saturated rings. The number of nitrogens with zero attached hydrogens (tertiary/aromatic N) is 6. The Balaban J connectivity index is 0.000000229. The number of carbonyl (C=O) groups excluding carboxylic acids is 5. The maximum atomic E-state index is 13.9. The number of fused-ring (bicyclic) bond motifs is 6. The Morgan fingerprint density at radius 2 is 1.10 bits per heavy atom. The Kier molecular flexibility index (Phi) is 23.0. The Morgan fingerprint density at radius 1 is 0.675 bits per heavy atom. The second kappa shape index (κ2) is 27.7. The summed E-state index contributed by atoms with van der Waals surface area (Å²) in [5, 5.41) is 15.3. The zero-order valence-corrected chi connectivity index (χ0v) is 52.9. The molecule has 10 aromatic rings. The number of hydrogen-bond donors (Lipinski definition) is 1. The number of ether oxygens (including phenoxy) is 3. The maximum Gasteiger partial charge on any atom is 2.00 e. The van der Waals surface area contributed by atoms with Gasteiger partial charge in [-0.05, 0) is 99.6 Å². The van der Waals surface area contributed by atoms with Crippen LogP contribution in [0.3, 0.4) is 0 Å². The number of aromatic nitrogens is 6. The number of aliphatic hydroxyl groups is 1. The van der Waals surface area contributed by atoms with Gasteiger partial charge in [-0.25, -0.2) is 23.5 Å². The van der Waals surface area contributed by atoms with Crippen LogP contribution in [-0.4, -0.2) is 106 Å². The molecule has 10 rings (SSSR count). The second-order valence-electron chi connectivity index (χ2n) is 18.1. The Bertz CT molecular complexity index is 4000. The van der Waals surface area contributed by atoms with Crippen molar-refractivity contribution in [2.75, 3.05) is 19.8 Å². The van der Waals surface area contributed by atoms with E-state index in [1.54, 1.807) is 96.4 Å². The summed E-state index contributed by atoms with van der Waals surface area (Å²) in [6.45, 7) is 19.4. The predicted molar refractivity (Wildman–Crippen MR) is 318 cm³/mol. The summed E-state index contributed by atoms with van der Waals surface area (Å²) in [4.78, 5) is 76.2. The summed E-state index contributed by atoms with van der Waals surface area (Å²) in [5.41, 5.74) is 8.21. The molecule has 23 heteroatoms. The third kappa shape index (κ3) is 12.9. The first-order valence-corrected chi connectivity index (χ1v) is 27.9. The van der Waals surface area contributed by atoms with Crippen LogP contribution in [0, 0.1) is 47.9 Å². The number of aldehydes is 1. The Labute approximate surface area is 501 Å². The number of rotatable bonds is 11. The predicted octanol–water partition coefficient (Wildman–Crippen LogP) is 9.07. The van der Waals surface area contributed by atoms with Crippen molar-refractivity contribution >= 4 is 150 Å². The van der Waals surface area contributed by atoms with Crippen LogP contribution in [0.25, 0.3) is 51.8 Å². The number of Topliss-reactive ketones (excluding diaryl/α,β-unsaturated/α-hetero) is 1. The summed E-state index contributed by atoms with van der Waals surface area (Å²) in [6, 6.07) is 14.5. The van der Waals surface area contributed by atoms with E-state index in [1.807, 2.05) is 64.6 Å². The minimum absolute atomic E-state index is 0. The molecule has 1 aromatic carbocycles. The molecule has 422 valence electrons.